The fraction of sp³-hybridized carbons (Fsp3) is 0.375. The number of furan rings is 1. The summed E-state index contributed by atoms with van der Waals surface area (Å²) in [5, 5.41) is 11.6. The summed E-state index contributed by atoms with van der Waals surface area (Å²) in [6.07, 6.45) is 1.27. The molecule has 12 heavy (non-hydrogen) atoms. The first kappa shape index (κ1) is 8.64. The molecule has 0 saturated heterocycles. The number of amides is 1. The van der Waals surface area contributed by atoms with E-state index in [1.54, 1.807) is 0 Å². The van der Waals surface area contributed by atoms with Crippen LogP contribution in [0, 0.1) is 0 Å². The van der Waals surface area contributed by atoms with Crippen molar-refractivity contribution < 1.29 is 14.3 Å². The van der Waals surface area contributed by atoms with Crippen molar-refractivity contribution in [1.29, 1.82) is 0 Å². The standard InChI is InChI=1S/C8H11NO3/c1-5(2)9-7(10)6-3-4-12-8(6)11/h3-5,11H,1-2H3,(H,9,10). The highest BCUT2D eigenvalue weighted by Crippen LogP contribution is 2.16. The molecule has 0 radical (unpaired) electrons. The minimum atomic E-state index is -0.340. The molecule has 0 fully saturated rings. The molecule has 1 aromatic heterocycles. The second-order valence-corrected chi connectivity index (χ2v) is 2.77. The van der Waals surface area contributed by atoms with Crippen molar-refractivity contribution in [2.45, 2.75) is 19.9 Å². The van der Waals surface area contributed by atoms with Gasteiger partial charge in [-0.2, -0.15) is 0 Å². The number of hydrogen-bond donors (Lipinski definition) is 2. The van der Waals surface area contributed by atoms with E-state index < -0.39 is 0 Å². The molecule has 0 aliphatic rings. The number of carbonyl (C=O) groups is 1. The van der Waals surface area contributed by atoms with Gasteiger partial charge in [0.15, 0.2) is 0 Å². The molecular weight excluding hydrogens is 158 g/mol. The number of nitrogens with one attached hydrogen (secondary N) is 1. The van der Waals surface area contributed by atoms with E-state index in [0.29, 0.717) is 0 Å². The third kappa shape index (κ3) is 1.78. The van der Waals surface area contributed by atoms with E-state index in [-0.39, 0.29) is 23.5 Å². The van der Waals surface area contributed by atoms with Gasteiger partial charge in [0.05, 0.1) is 6.26 Å². The van der Waals surface area contributed by atoms with Crippen LogP contribution in [-0.2, 0) is 0 Å². The van der Waals surface area contributed by atoms with Crippen LogP contribution < -0.4 is 5.32 Å². The predicted octanol–water partition coefficient (Wildman–Crippen LogP) is 1.12. The fourth-order valence-corrected chi connectivity index (χ4v) is 0.814. The first-order chi connectivity index (χ1) is 5.61. The van der Waals surface area contributed by atoms with Crippen molar-refractivity contribution in [2.75, 3.05) is 0 Å². The van der Waals surface area contributed by atoms with E-state index in [2.05, 4.69) is 9.73 Å². The lowest BCUT2D eigenvalue weighted by atomic mass is 10.3. The zero-order valence-corrected chi connectivity index (χ0v) is 7.00. The molecule has 0 bridgehead atoms. The van der Waals surface area contributed by atoms with Crippen LogP contribution in [0.25, 0.3) is 0 Å². The van der Waals surface area contributed by atoms with Gasteiger partial charge in [-0.3, -0.25) is 4.79 Å². The zero-order valence-electron chi connectivity index (χ0n) is 7.00. The summed E-state index contributed by atoms with van der Waals surface area (Å²) in [6.45, 7) is 3.68. The fourth-order valence-electron chi connectivity index (χ4n) is 0.814. The molecular formula is C8H11NO3. The molecule has 0 unspecified atom stereocenters. The Morgan fingerprint density at radius 2 is 2.33 bits per heavy atom. The molecule has 66 valence electrons. The Labute approximate surface area is 70.2 Å². The lowest BCUT2D eigenvalue weighted by molar-refractivity contribution is 0.0938. The Kier molecular flexibility index (Phi) is 2.38. The lowest BCUT2D eigenvalue weighted by Gasteiger charge is -2.05. The SMILES string of the molecule is CC(C)NC(=O)c1ccoc1O. The molecule has 0 saturated carbocycles. The van der Waals surface area contributed by atoms with Gasteiger partial charge in [-0.1, -0.05) is 0 Å². The van der Waals surface area contributed by atoms with Gasteiger partial charge in [-0.25, -0.2) is 0 Å². The van der Waals surface area contributed by atoms with Crippen molar-refractivity contribution in [1.82, 2.24) is 5.32 Å². The van der Waals surface area contributed by atoms with Crippen molar-refractivity contribution in [3.05, 3.63) is 17.9 Å². The monoisotopic (exact) mass is 169 g/mol. The van der Waals surface area contributed by atoms with Crippen LogP contribution >= 0.6 is 0 Å². The Bertz CT molecular complexity index is 278. The maximum atomic E-state index is 11.2. The van der Waals surface area contributed by atoms with Crippen LogP contribution in [0.3, 0.4) is 0 Å². The Morgan fingerprint density at radius 1 is 1.67 bits per heavy atom. The van der Waals surface area contributed by atoms with E-state index in [0.717, 1.165) is 0 Å². The van der Waals surface area contributed by atoms with E-state index in [9.17, 15) is 4.79 Å². The van der Waals surface area contributed by atoms with Crippen molar-refractivity contribution in [3.63, 3.8) is 0 Å². The summed E-state index contributed by atoms with van der Waals surface area (Å²) in [5.74, 6) is -0.663. The Hall–Kier alpha value is -1.45. The van der Waals surface area contributed by atoms with E-state index in [1.807, 2.05) is 13.8 Å². The summed E-state index contributed by atoms with van der Waals surface area (Å²) in [4.78, 5) is 11.2. The largest absolute Gasteiger partial charge is 0.480 e. The number of rotatable bonds is 2. The van der Waals surface area contributed by atoms with E-state index in [1.165, 1.54) is 12.3 Å². The quantitative estimate of drug-likeness (QED) is 0.697. The van der Waals surface area contributed by atoms with Gasteiger partial charge in [0.25, 0.3) is 11.9 Å². The molecule has 1 heterocycles. The molecule has 1 aromatic rings. The molecule has 0 aromatic carbocycles. The molecule has 4 heteroatoms. The minimum Gasteiger partial charge on any atom is -0.480 e. The summed E-state index contributed by atoms with van der Waals surface area (Å²) in [7, 11) is 0. The topological polar surface area (TPSA) is 62.5 Å². The predicted molar refractivity (Wildman–Crippen MR) is 43.0 cm³/mol. The Balaban J connectivity index is 2.72. The molecule has 0 aliphatic heterocycles. The van der Waals surface area contributed by atoms with Crippen molar-refractivity contribution in [2.24, 2.45) is 0 Å². The molecule has 1 rings (SSSR count). The van der Waals surface area contributed by atoms with Crippen molar-refractivity contribution >= 4 is 5.91 Å². The van der Waals surface area contributed by atoms with Crippen LogP contribution in [0.1, 0.15) is 24.2 Å². The average Bonchev–Trinajstić information content (AvgIpc) is 2.33. The third-order valence-electron chi connectivity index (χ3n) is 1.31. The molecule has 2 N–H and O–H groups in total. The first-order valence-electron chi connectivity index (χ1n) is 3.68. The molecule has 0 spiro atoms. The van der Waals surface area contributed by atoms with Gasteiger partial charge in [0.2, 0.25) is 0 Å². The van der Waals surface area contributed by atoms with Gasteiger partial charge in [-0.15, -0.1) is 0 Å². The van der Waals surface area contributed by atoms with Crippen LogP contribution in [0.15, 0.2) is 16.7 Å². The second kappa shape index (κ2) is 3.30. The van der Waals surface area contributed by atoms with E-state index >= 15 is 0 Å². The van der Waals surface area contributed by atoms with Crippen molar-refractivity contribution in [3.8, 4) is 5.95 Å². The molecule has 0 aliphatic carbocycles. The highest BCUT2D eigenvalue weighted by molar-refractivity contribution is 5.96. The van der Waals surface area contributed by atoms with Crippen LogP contribution in [0.5, 0.6) is 5.95 Å². The summed E-state index contributed by atoms with van der Waals surface area (Å²) >= 11 is 0. The number of aromatic hydroxyl groups is 1. The Morgan fingerprint density at radius 3 is 2.75 bits per heavy atom. The summed E-state index contributed by atoms with van der Waals surface area (Å²) in [5.41, 5.74) is 0.170. The molecule has 0 atom stereocenters. The maximum absolute atomic E-state index is 11.2. The highest BCUT2D eigenvalue weighted by Gasteiger charge is 2.13. The average molecular weight is 169 g/mol. The minimum absolute atomic E-state index is 0.0480. The third-order valence-corrected chi connectivity index (χ3v) is 1.31. The van der Waals surface area contributed by atoms with Gasteiger partial charge in [0.1, 0.15) is 5.56 Å². The maximum Gasteiger partial charge on any atom is 0.295 e. The summed E-state index contributed by atoms with van der Waals surface area (Å²) < 4.78 is 4.56. The van der Waals surface area contributed by atoms with Gasteiger partial charge in [-0.05, 0) is 19.9 Å². The van der Waals surface area contributed by atoms with Crippen LogP contribution in [0.4, 0.5) is 0 Å². The molecule has 1 amide bonds. The van der Waals surface area contributed by atoms with Gasteiger partial charge < -0.3 is 14.8 Å². The highest BCUT2D eigenvalue weighted by atomic mass is 16.5. The summed E-state index contributed by atoms with van der Waals surface area (Å²) in [6, 6.07) is 1.47. The van der Waals surface area contributed by atoms with E-state index in [4.69, 9.17) is 5.11 Å². The number of carbonyl (C=O) groups excluding carboxylic acids is 1. The first-order valence-corrected chi connectivity index (χ1v) is 3.68. The van der Waals surface area contributed by atoms with Crippen LogP contribution in [-0.4, -0.2) is 17.1 Å². The smallest absolute Gasteiger partial charge is 0.295 e. The lowest BCUT2D eigenvalue weighted by Crippen LogP contribution is -2.29. The van der Waals surface area contributed by atoms with Crippen LogP contribution in [0.2, 0.25) is 0 Å². The number of hydrogen-bond acceptors (Lipinski definition) is 3. The normalized spacial score (nSPS) is 10.2. The van der Waals surface area contributed by atoms with Gasteiger partial charge >= 0.3 is 0 Å². The second-order valence-electron chi connectivity index (χ2n) is 2.77. The van der Waals surface area contributed by atoms with Gasteiger partial charge in [0, 0.05) is 6.04 Å². The molecule has 4 nitrogen and oxygen atoms in total. The zero-order chi connectivity index (χ0) is 9.14.